The molecule has 23 heavy (non-hydrogen) atoms. The molecule has 0 aliphatic carbocycles. The number of ketones is 1. The second-order valence-electron chi connectivity index (χ2n) is 5.03. The number of carbonyl (C=O) groups is 2. The van der Waals surface area contributed by atoms with E-state index >= 15 is 0 Å². The maximum atomic E-state index is 12.2. The van der Waals surface area contributed by atoms with Gasteiger partial charge in [-0.2, -0.15) is 10.2 Å². The Kier molecular flexibility index (Phi) is 5.33. The number of hydroxylamine groups is 2. The SMILES string of the molecule is C=CCON1C(=O)N2CC(n3cc(C(C)=O)cn3)=CC1C2.CC. The number of amides is 2. The summed E-state index contributed by atoms with van der Waals surface area (Å²) in [5.74, 6) is -0.0343. The molecule has 0 radical (unpaired) electrons. The zero-order valence-corrected chi connectivity index (χ0v) is 13.7. The number of carbonyl (C=O) groups excluding carboxylic acids is 2. The van der Waals surface area contributed by atoms with Crippen molar-refractivity contribution < 1.29 is 14.4 Å². The molecule has 1 aromatic heterocycles. The average molecular weight is 318 g/mol. The van der Waals surface area contributed by atoms with Crippen LogP contribution in [0.3, 0.4) is 0 Å². The molecule has 124 valence electrons. The van der Waals surface area contributed by atoms with Crippen molar-refractivity contribution in [3.63, 3.8) is 0 Å². The van der Waals surface area contributed by atoms with Crippen LogP contribution in [-0.2, 0) is 4.84 Å². The fourth-order valence-corrected chi connectivity index (χ4v) is 2.48. The summed E-state index contributed by atoms with van der Waals surface area (Å²) in [4.78, 5) is 30.6. The van der Waals surface area contributed by atoms with Gasteiger partial charge in [-0.1, -0.05) is 19.9 Å². The third kappa shape index (κ3) is 3.34. The summed E-state index contributed by atoms with van der Waals surface area (Å²) in [6, 6.07) is -0.307. The van der Waals surface area contributed by atoms with E-state index in [-0.39, 0.29) is 24.5 Å². The minimum atomic E-state index is -0.160. The van der Waals surface area contributed by atoms with Crippen molar-refractivity contribution in [2.75, 3.05) is 19.7 Å². The van der Waals surface area contributed by atoms with Crippen LogP contribution in [0.4, 0.5) is 4.79 Å². The highest BCUT2D eigenvalue weighted by Crippen LogP contribution is 2.26. The first-order chi connectivity index (χ1) is 11.1. The Morgan fingerprint density at radius 1 is 1.52 bits per heavy atom. The van der Waals surface area contributed by atoms with E-state index in [1.54, 1.807) is 21.9 Å². The Morgan fingerprint density at radius 3 is 2.87 bits per heavy atom. The molecule has 1 atom stereocenters. The summed E-state index contributed by atoms with van der Waals surface area (Å²) in [7, 11) is 0. The van der Waals surface area contributed by atoms with Crippen LogP contribution < -0.4 is 0 Å². The van der Waals surface area contributed by atoms with Gasteiger partial charge in [0.05, 0.1) is 36.7 Å². The fourth-order valence-electron chi connectivity index (χ4n) is 2.48. The van der Waals surface area contributed by atoms with Gasteiger partial charge in [0.2, 0.25) is 0 Å². The van der Waals surface area contributed by atoms with Gasteiger partial charge in [0.15, 0.2) is 5.78 Å². The van der Waals surface area contributed by atoms with E-state index in [4.69, 9.17) is 4.84 Å². The van der Waals surface area contributed by atoms with E-state index in [0.717, 1.165) is 5.70 Å². The van der Waals surface area contributed by atoms with Gasteiger partial charge in [-0.15, -0.1) is 6.58 Å². The lowest BCUT2D eigenvalue weighted by molar-refractivity contribution is -0.107. The van der Waals surface area contributed by atoms with E-state index in [1.165, 1.54) is 18.2 Å². The Hall–Kier alpha value is -2.41. The maximum Gasteiger partial charge on any atom is 0.345 e. The molecule has 2 amide bonds. The molecule has 1 aromatic rings. The molecule has 7 nitrogen and oxygen atoms in total. The number of nitrogens with zero attached hydrogens (tertiary/aromatic N) is 4. The molecule has 0 spiro atoms. The lowest BCUT2D eigenvalue weighted by Gasteiger charge is -2.21. The molecule has 7 heteroatoms. The van der Waals surface area contributed by atoms with Gasteiger partial charge in [0, 0.05) is 12.7 Å². The van der Waals surface area contributed by atoms with Gasteiger partial charge in [0.25, 0.3) is 0 Å². The molecule has 0 N–H and O–H groups in total. The summed E-state index contributed by atoms with van der Waals surface area (Å²) >= 11 is 0. The number of hydrogen-bond acceptors (Lipinski definition) is 4. The lowest BCUT2D eigenvalue weighted by atomic mass is 10.2. The third-order valence-corrected chi connectivity index (χ3v) is 3.52. The maximum absolute atomic E-state index is 12.2. The van der Waals surface area contributed by atoms with Gasteiger partial charge in [-0.25, -0.2) is 9.48 Å². The summed E-state index contributed by atoms with van der Waals surface area (Å²) in [6.45, 7) is 10.4. The summed E-state index contributed by atoms with van der Waals surface area (Å²) < 4.78 is 1.64. The van der Waals surface area contributed by atoms with Crippen molar-refractivity contribution in [1.29, 1.82) is 0 Å². The van der Waals surface area contributed by atoms with Crippen molar-refractivity contribution >= 4 is 17.5 Å². The summed E-state index contributed by atoms with van der Waals surface area (Å²) in [6.07, 6.45) is 6.76. The topological polar surface area (TPSA) is 67.7 Å². The largest absolute Gasteiger partial charge is 0.345 e. The molecule has 3 rings (SSSR count). The van der Waals surface area contributed by atoms with Crippen LogP contribution in [-0.4, -0.2) is 57.3 Å². The lowest BCUT2D eigenvalue weighted by Crippen LogP contribution is -2.33. The highest BCUT2D eigenvalue weighted by atomic mass is 16.7. The number of rotatable bonds is 5. The molecule has 1 fully saturated rings. The zero-order valence-electron chi connectivity index (χ0n) is 13.7. The normalized spacial score (nSPS) is 19.2. The molecular weight excluding hydrogens is 296 g/mol. The van der Waals surface area contributed by atoms with Crippen LogP contribution >= 0.6 is 0 Å². The van der Waals surface area contributed by atoms with Crippen LogP contribution in [0, 0.1) is 0 Å². The Morgan fingerprint density at radius 2 is 2.26 bits per heavy atom. The van der Waals surface area contributed by atoms with Crippen molar-refractivity contribution in [2.24, 2.45) is 0 Å². The molecule has 2 bridgehead atoms. The van der Waals surface area contributed by atoms with Crippen molar-refractivity contribution in [3.8, 4) is 0 Å². The van der Waals surface area contributed by atoms with E-state index in [9.17, 15) is 9.59 Å². The van der Waals surface area contributed by atoms with Gasteiger partial charge >= 0.3 is 6.03 Å². The predicted molar refractivity (Wildman–Crippen MR) is 86.6 cm³/mol. The number of fused-ring (bicyclic) bond motifs is 2. The Labute approximate surface area is 135 Å². The van der Waals surface area contributed by atoms with Crippen molar-refractivity contribution in [2.45, 2.75) is 26.8 Å². The second kappa shape index (κ2) is 7.23. The van der Waals surface area contributed by atoms with Crippen molar-refractivity contribution in [1.82, 2.24) is 19.7 Å². The predicted octanol–water partition coefficient (Wildman–Crippen LogP) is 2.19. The quantitative estimate of drug-likeness (QED) is 0.616. The number of Topliss-reactive ketones (excluding diaryl/α,β-unsaturated/α-hetero) is 1. The van der Waals surface area contributed by atoms with Gasteiger partial charge in [0.1, 0.15) is 0 Å². The zero-order chi connectivity index (χ0) is 17.0. The molecule has 3 heterocycles. The first-order valence-corrected chi connectivity index (χ1v) is 7.69. The fraction of sp³-hybridized carbons (Fsp3) is 0.438. The summed E-state index contributed by atoms with van der Waals surface area (Å²) in [5.41, 5.74) is 1.41. The van der Waals surface area contributed by atoms with E-state index < -0.39 is 0 Å². The average Bonchev–Trinajstić information content (AvgIpc) is 3.13. The standard InChI is InChI=1S/C14H16N4O3.C2H6/c1-3-4-21-18-13-5-12(8-16(9-13)14(18)20)17-7-11(6-15-17)10(2)19;1-2/h3,5-7,13H,1,4,8-9H2,2H3;1-2H3. The molecule has 1 saturated heterocycles. The molecule has 0 aromatic carbocycles. The highest BCUT2D eigenvalue weighted by Gasteiger charge is 2.41. The van der Waals surface area contributed by atoms with E-state index in [0.29, 0.717) is 18.7 Å². The van der Waals surface area contributed by atoms with Gasteiger partial charge < -0.3 is 4.90 Å². The van der Waals surface area contributed by atoms with Crippen LogP contribution in [0.15, 0.2) is 31.1 Å². The summed E-state index contributed by atoms with van der Waals surface area (Å²) in [5, 5.41) is 5.55. The third-order valence-electron chi connectivity index (χ3n) is 3.52. The van der Waals surface area contributed by atoms with Crippen LogP contribution in [0.25, 0.3) is 5.70 Å². The highest BCUT2D eigenvalue weighted by molar-refractivity contribution is 5.93. The van der Waals surface area contributed by atoms with Crippen LogP contribution in [0.5, 0.6) is 0 Å². The minimum Gasteiger partial charge on any atom is -0.314 e. The monoisotopic (exact) mass is 318 g/mol. The number of aromatic nitrogens is 2. The van der Waals surface area contributed by atoms with Gasteiger partial charge in [-0.3, -0.25) is 9.63 Å². The van der Waals surface area contributed by atoms with Crippen LogP contribution in [0.1, 0.15) is 31.1 Å². The first-order valence-electron chi connectivity index (χ1n) is 7.69. The molecule has 2 aliphatic heterocycles. The molecule has 2 aliphatic rings. The first kappa shape index (κ1) is 17.0. The van der Waals surface area contributed by atoms with Gasteiger partial charge in [-0.05, 0) is 13.0 Å². The number of urea groups is 1. The molecule has 1 unspecified atom stereocenters. The Balaban J connectivity index is 0.000000924. The molecule has 0 saturated carbocycles. The second-order valence-corrected chi connectivity index (χ2v) is 5.03. The smallest absolute Gasteiger partial charge is 0.314 e. The number of hydrogen-bond donors (Lipinski definition) is 0. The van der Waals surface area contributed by atoms with Crippen LogP contribution in [0.2, 0.25) is 0 Å². The van der Waals surface area contributed by atoms with E-state index in [1.807, 2.05) is 19.9 Å². The van der Waals surface area contributed by atoms with Crippen molar-refractivity contribution in [3.05, 3.63) is 36.7 Å². The van der Waals surface area contributed by atoms with E-state index in [2.05, 4.69) is 11.7 Å². The minimum absolute atomic E-state index is 0.0343. The Bertz CT molecular complexity index is 635. The molecular formula is C16H22N4O3.